The zero-order valence-electron chi connectivity index (χ0n) is 13.3. The summed E-state index contributed by atoms with van der Waals surface area (Å²) >= 11 is 0. The first-order valence-electron chi connectivity index (χ1n) is 7.67. The predicted octanol–water partition coefficient (Wildman–Crippen LogP) is 0.471. The van der Waals surface area contributed by atoms with Gasteiger partial charge >= 0.3 is 0 Å². The maximum absolute atomic E-state index is 8.90. The van der Waals surface area contributed by atoms with Crippen LogP contribution in [-0.4, -0.2) is 85.1 Å². The molecule has 1 saturated heterocycles. The van der Waals surface area contributed by atoms with E-state index in [0.29, 0.717) is 5.84 Å². The molecule has 0 saturated carbocycles. The van der Waals surface area contributed by atoms with Crippen LogP contribution in [0.1, 0.15) is 26.2 Å². The van der Waals surface area contributed by atoms with Crippen molar-refractivity contribution >= 4 is 5.84 Å². The Labute approximate surface area is 123 Å². The lowest BCUT2D eigenvalue weighted by molar-refractivity contribution is 0.110. The molecule has 3 N–H and O–H groups in total. The first-order valence-corrected chi connectivity index (χ1v) is 7.67. The summed E-state index contributed by atoms with van der Waals surface area (Å²) in [6.45, 7) is 8.59. The molecule has 0 amide bonds. The molecule has 1 unspecified atom stereocenters. The van der Waals surface area contributed by atoms with Crippen LogP contribution in [0.4, 0.5) is 0 Å². The Balaban J connectivity index is 2.36. The molecular formula is C14H31N5O. The lowest BCUT2D eigenvalue weighted by Gasteiger charge is -2.38. The highest BCUT2D eigenvalue weighted by Crippen LogP contribution is 2.12. The summed E-state index contributed by atoms with van der Waals surface area (Å²) in [7, 11) is 4.23. The van der Waals surface area contributed by atoms with E-state index >= 15 is 0 Å². The molecule has 0 spiro atoms. The van der Waals surface area contributed by atoms with Crippen LogP contribution in [-0.2, 0) is 0 Å². The summed E-state index contributed by atoms with van der Waals surface area (Å²) in [5, 5.41) is 12.1. The molecular weight excluding hydrogens is 254 g/mol. The van der Waals surface area contributed by atoms with Gasteiger partial charge in [-0.25, -0.2) is 0 Å². The van der Waals surface area contributed by atoms with Crippen molar-refractivity contribution in [2.24, 2.45) is 10.9 Å². The van der Waals surface area contributed by atoms with E-state index in [9.17, 15) is 0 Å². The van der Waals surface area contributed by atoms with Crippen LogP contribution in [0, 0.1) is 0 Å². The van der Waals surface area contributed by atoms with Crippen molar-refractivity contribution in [3.05, 3.63) is 0 Å². The van der Waals surface area contributed by atoms with Gasteiger partial charge in [-0.1, -0.05) is 18.5 Å². The van der Waals surface area contributed by atoms with Crippen LogP contribution in [0.3, 0.4) is 0 Å². The highest BCUT2D eigenvalue weighted by molar-refractivity contribution is 5.85. The topological polar surface area (TPSA) is 68.3 Å². The molecule has 1 aliphatic rings. The van der Waals surface area contributed by atoms with Gasteiger partial charge in [-0.05, 0) is 40.0 Å². The Morgan fingerprint density at radius 2 is 1.95 bits per heavy atom. The second kappa shape index (κ2) is 9.15. The van der Waals surface area contributed by atoms with Crippen LogP contribution >= 0.6 is 0 Å². The average Bonchev–Trinajstić information content (AvgIpc) is 2.44. The van der Waals surface area contributed by atoms with Crippen molar-refractivity contribution in [2.75, 3.05) is 53.4 Å². The summed E-state index contributed by atoms with van der Waals surface area (Å²) in [6, 6.07) is 0.0916. The number of oxime groups is 1. The third-order valence-electron chi connectivity index (χ3n) is 3.95. The summed E-state index contributed by atoms with van der Waals surface area (Å²) in [5.41, 5.74) is 5.82. The molecule has 0 aliphatic carbocycles. The quantitative estimate of drug-likeness (QED) is 0.294. The highest BCUT2D eigenvalue weighted by Gasteiger charge is 2.25. The van der Waals surface area contributed by atoms with E-state index in [4.69, 9.17) is 10.9 Å². The number of hydrogen-bond donors (Lipinski definition) is 2. The van der Waals surface area contributed by atoms with Crippen molar-refractivity contribution in [3.63, 3.8) is 0 Å². The first-order chi connectivity index (χ1) is 9.58. The van der Waals surface area contributed by atoms with E-state index in [1.54, 1.807) is 0 Å². The van der Waals surface area contributed by atoms with Crippen molar-refractivity contribution in [3.8, 4) is 0 Å². The number of nitrogens with zero attached hydrogens (tertiary/aromatic N) is 4. The number of hydrogen-bond acceptors (Lipinski definition) is 5. The van der Waals surface area contributed by atoms with Gasteiger partial charge < -0.3 is 20.7 Å². The van der Waals surface area contributed by atoms with E-state index in [-0.39, 0.29) is 6.04 Å². The van der Waals surface area contributed by atoms with E-state index in [2.05, 4.69) is 40.9 Å². The summed E-state index contributed by atoms with van der Waals surface area (Å²) < 4.78 is 0. The third-order valence-corrected chi connectivity index (χ3v) is 3.95. The average molecular weight is 285 g/mol. The zero-order valence-corrected chi connectivity index (χ0v) is 13.3. The predicted molar refractivity (Wildman–Crippen MR) is 83.3 cm³/mol. The molecule has 6 heteroatoms. The van der Waals surface area contributed by atoms with E-state index in [1.165, 1.54) is 6.42 Å². The van der Waals surface area contributed by atoms with E-state index in [0.717, 1.165) is 52.1 Å². The van der Waals surface area contributed by atoms with Crippen molar-refractivity contribution < 1.29 is 5.21 Å². The van der Waals surface area contributed by atoms with Gasteiger partial charge in [-0.2, -0.15) is 0 Å². The maximum Gasteiger partial charge on any atom is 0.156 e. The fourth-order valence-corrected chi connectivity index (χ4v) is 2.77. The molecule has 0 aromatic rings. The van der Waals surface area contributed by atoms with Crippen LogP contribution in [0.5, 0.6) is 0 Å². The SMILES string of the molecule is CCCC(C(N)=NO)N1CCN(CCCN(C)C)CC1. The number of amidine groups is 1. The molecule has 1 heterocycles. The summed E-state index contributed by atoms with van der Waals surface area (Å²) in [6.07, 6.45) is 3.21. The minimum Gasteiger partial charge on any atom is -0.409 e. The second-order valence-electron chi connectivity index (χ2n) is 5.86. The molecule has 118 valence electrons. The molecule has 1 fully saturated rings. The first kappa shape index (κ1) is 17.2. The molecule has 0 aromatic heterocycles. The second-order valence-corrected chi connectivity index (χ2v) is 5.86. The fraction of sp³-hybridized carbons (Fsp3) is 0.929. The van der Waals surface area contributed by atoms with Crippen LogP contribution < -0.4 is 5.73 Å². The van der Waals surface area contributed by atoms with E-state index in [1.807, 2.05) is 0 Å². The minimum absolute atomic E-state index is 0.0916. The normalized spacial score (nSPS) is 20.5. The number of nitrogens with two attached hydrogens (primary N) is 1. The standard InChI is InChI=1S/C14H31N5O/c1-4-6-13(14(15)16-20)19-11-9-18(10-12-19)8-5-7-17(2)3/h13,20H,4-12H2,1-3H3,(H2,15,16). The molecule has 6 nitrogen and oxygen atoms in total. The molecule has 0 radical (unpaired) electrons. The fourth-order valence-electron chi connectivity index (χ4n) is 2.77. The molecule has 0 bridgehead atoms. The smallest absolute Gasteiger partial charge is 0.156 e. The lowest BCUT2D eigenvalue weighted by Crippen LogP contribution is -2.54. The molecule has 0 aromatic carbocycles. The Hall–Kier alpha value is -0.850. The van der Waals surface area contributed by atoms with Crippen LogP contribution in [0.15, 0.2) is 5.16 Å². The molecule has 1 atom stereocenters. The minimum atomic E-state index is 0.0916. The van der Waals surface area contributed by atoms with Crippen LogP contribution in [0.25, 0.3) is 0 Å². The van der Waals surface area contributed by atoms with Crippen LogP contribution in [0.2, 0.25) is 0 Å². The molecule has 1 aliphatic heterocycles. The maximum atomic E-state index is 8.90. The Morgan fingerprint density at radius 1 is 1.30 bits per heavy atom. The Morgan fingerprint density at radius 3 is 2.45 bits per heavy atom. The van der Waals surface area contributed by atoms with Gasteiger partial charge in [-0.3, -0.25) is 4.90 Å². The molecule has 1 rings (SSSR count). The number of piperazine rings is 1. The Bertz CT molecular complexity index is 287. The van der Waals surface area contributed by atoms with Gasteiger partial charge in [-0.15, -0.1) is 0 Å². The monoisotopic (exact) mass is 285 g/mol. The highest BCUT2D eigenvalue weighted by atomic mass is 16.4. The van der Waals surface area contributed by atoms with Crippen molar-refractivity contribution in [2.45, 2.75) is 32.2 Å². The molecule has 20 heavy (non-hydrogen) atoms. The van der Waals surface area contributed by atoms with Gasteiger partial charge in [0, 0.05) is 26.2 Å². The van der Waals surface area contributed by atoms with Gasteiger partial charge in [0.05, 0.1) is 6.04 Å². The van der Waals surface area contributed by atoms with Gasteiger partial charge in [0.25, 0.3) is 0 Å². The summed E-state index contributed by atoms with van der Waals surface area (Å²) in [5.74, 6) is 0.355. The van der Waals surface area contributed by atoms with Gasteiger partial charge in [0.1, 0.15) is 0 Å². The lowest BCUT2D eigenvalue weighted by atomic mass is 10.1. The van der Waals surface area contributed by atoms with Gasteiger partial charge in [0.2, 0.25) is 0 Å². The van der Waals surface area contributed by atoms with Crippen molar-refractivity contribution in [1.29, 1.82) is 0 Å². The zero-order chi connectivity index (χ0) is 15.0. The van der Waals surface area contributed by atoms with Crippen molar-refractivity contribution in [1.82, 2.24) is 14.7 Å². The summed E-state index contributed by atoms with van der Waals surface area (Å²) in [4.78, 5) is 7.09. The third kappa shape index (κ3) is 5.64. The van der Waals surface area contributed by atoms with Gasteiger partial charge in [0.15, 0.2) is 5.84 Å². The van der Waals surface area contributed by atoms with E-state index < -0.39 is 0 Å². The number of rotatable bonds is 8. The Kier molecular flexibility index (Phi) is 7.87. The largest absolute Gasteiger partial charge is 0.409 e.